The van der Waals surface area contributed by atoms with Crippen molar-refractivity contribution in [1.29, 1.82) is 0 Å². The first-order valence-corrected chi connectivity index (χ1v) is 3.72. The van der Waals surface area contributed by atoms with Crippen LogP contribution in [0.1, 0.15) is 5.69 Å². The largest absolute Gasteiger partial charge is 0.320 e. The highest BCUT2D eigenvalue weighted by atomic mass is 16.1. The zero-order valence-corrected chi connectivity index (χ0v) is 6.66. The molecular weight excluding hydrogens is 152 g/mol. The van der Waals surface area contributed by atoms with Crippen molar-refractivity contribution in [1.82, 2.24) is 9.97 Å². The van der Waals surface area contributed by atoms with Crippen LogP contribution in [-0.2, 0) is 0 Å². The SMILES string of the molecule is Cc1nccc2ccc(=O)[nH]c12. The summed E-state index contributed by atoms with van der Waals surface area (Å²) in [4.78, 5) is 17.8. The van der Waals surface area contributed by atoms with Gasteiger partial charge in [-0.1, -0.05) is 0 Å². The van der Waals surface area contributed by atoms with Crippen LogP contribution in [0.15, 0.2) is 29.2 Å². The molecule has 0 aliphatic carbocycles. The quantitative estimate of drug-likeness (QED) is 0.630. The third-order valence-corrected chi connectivity index (χ3v) is 1.84. The number of aromatic amines is 1. The minimum Gasteiger partial charge on any atom is -0.320 e. The number of rotatable bonds is 0. The van der Waals surface area contributed by atoms with Crippen molar-refractivity contribution in [3.63, 3.8) is 0 Å². The number of pyridine rings is 2. The molecule has 2 aromatic rings. The Labute approximate surface area is 69.1 Å². The molecule has 0 saturated heterocycles. The first-order valence-electron chi connectivity index (χ1n) is 3.72. The third-order valence-electron chi connectivity index (χ3n) is 1.84. The Morgan fingerprint density at radius 1 is 1.33 bits per heavy atom. The summed E-state index contributed by atoms with van der Waals surface area (Å²) in [6, 6.07) is 5.18. The predicted octanol–water partition coefficient (Wildman–Crippen LogP) is 1.23. The Morgan fingerprint density at radius 2 is 2.17 bits per heavy atom. The minimum absolute atomic E-state index is 0.0846. The van der Waals surface area contributed by atoms with Gasteiger partial charge in [-0.15, -0.1) is 0 Å². The van der Waals surface area contributed by atoms with Gasteiger partial charge in [0, 0.05) is 17.6 Å². The molecule has 0 spiro atoms. The number of aryl methyl sites for hydroxylation is 1. The van der Waals surface area contributed by atoms with Crippen molar-refractivity contribution in [3.8, 4) is 0 Å². The third kappa shape index (κ3) is 0.993. The van der Waals surface area contributed by atoms with Gasteiger partial charge in [-0.3, -0.25) is 9.78 Å². The maximum atomic E-state index is 11.0. The van der Waals surface area contributed by atoms with Gasteiger partial charge in [-0.2, -0.15) is 0 Å². The molecule has 0 bridgehead atoms. The molecule has 1 N–H and O–H groups in total. The monoisotopic (exact) mass is 160 g/mol. The number of fused-ring (bicyclic) bond motifs is 1. The molecule has 3 heteroatoms. The molecule has 0 fully saturated rings. The summed E-state index contributed by atoms with van der Waals surface area (Å²) in [6.07, 6.45) is 1.73. The predicted molar refractivity (Wildman–Crippen MR) is 47.1 cm³/mol. The van der Waals surface area contributed by atoms with Crippen LogP contribution >= 0.6 is 0 Å². The van der Waals surface area contributed by atoms with Gasteiger partial charge in [-0.25, -0.2) is 0 Å². The Balaban J connectivity index is 2.97. The number of aromatic nitrogens is 2. The normalized spacial score (nSPS) is 10.4. The average molecular weight is 160 g/mol. The molecule has 60 valence electrons. The van der Waals surface area contributed by atoms with Crippen LogP contribution in [0, 0.1) is 6.92 Å². The van der Waals surface area contributed by atoms with E-state index in [2.05, 4.69) is 9.97 Å². The van der Waals surface area contributed by atoms with E-state index in [1.165, 1.54) is 6.07 Å². The lowest BCUT2D eigenvalue weighted by molar-refractivity contribution is 1.19. The summed E-state index contributed by atoms with van der Waals surface area (Å²) in [5.74, 6) is 0. The molecule has 3 nitrogen and oxygen atoms in total. The summed E-state index contributed by atoms with van der Waals surface area (Å²) < 4.78 is 0. The lowest BCUT2D eigenvalue weighted by atomic mass is 10.2. The molecule has 0 amide bonds. The molecule has 0 unspecified atom stereocenters. The van der Waals surface area contributed by atoms with Crippen LogP contribution in [0.25, 0.3) is 10.9 Å². The molecule has 12 heavy (non-hydrogen) atoms. The highest BCUT2D eigenvalue weighted by Crippen LogP contribution is 2.09. The second-order valence-electron chi connectivity index (χ2n) is 2.68. The van der Waals surface area contributed by atoms with E-state index in [1.807, 2.05) is 13.0 Å². The van der Waals surface area contributed by atoms with Crippen molar-refractivity contribution in [2.45, 2.75) is 6.92 Å². The average Bonchev–Trinajstić information content (AvgIpc) is 2.07. The Bertz CT molecular complexity index is 473. The van der Waals surface area contributed by atoms with E-state index in [0.29, 0.717) is 0 Å². The molecule has 0 aliphatic heterocycles. The Hall–Kier alpha value is -1.64. The molecule has 0 atom stereocenters. The smallest absolute Gasteiger partial charge is 0.248 e. The van der Waals surface area contributed by atoms with E-state index in [9.17, 15) is 4.79 Å². The lowest BCUT2D eigenvalue weighted by Crippen LogP contribution is -2.03. The van der Waals surface area contributed by atoms with Gasteiger partial charge in [0.05, 0.1) is 11.2 Å². The maximum Gasteiger partial charge on any atom is 0.248 e. The first kappa shape index (κ1) is 7.03. The van der Waals surface area contributed by atoms with Gasteiger partial charge >= 0.3 is 0 Å². The molecule has 0 aliphatic rings. The first-order chi connectivity index (χ1) is 5.77. The van der Waals surface area contributed by atoms with E-state index in [1.54, 1.807) is 12.3 Å². The Kier molecular flexibility index (Phi) is 1.43. The van der Waals surface area contributed by atoms with Crippen LogP contribution in [0.2, 0.25) is 0 Å². The van der Waals surface area contributed by atoms with E-state index >= 15 is 0 Å². The second kappa shape index (κ2) is 2.44. The van der Waals surface area contributed by atoms with Gasteiger partial charge in [0.15, 0.2) is 0 Å². The fraction of sp³-hybridized carbons (Fsp3) is 0.111. The molecule has 0 saturated carbocycles. The highest BCUT2D eigenvalue weighted by Gasteiger charge is 1.96. The Morgan fingerprint density at radius 3 is 3.00 bits per heavy atom. The van der Waals surface area contributed by atoms with Crippen LogP contribution in [0.5, 0.6) is 0 Å². The summed E-state index contributed by atoms with van der Waals surface area (Å²) in [5.41, 5.74) is 1.59. The summed E-state index contributed by atoms with van der Waals surface area (Å²) in [6.45, 7) is 1.87. The van der Waals surface area contributed by atoms with Crippen LogP contribution in [-0.4, -0.2) is 9.97 Å². The highest BCUT2D eigenvalue weighted by molar-refractivity contribution is 5.79. The zero-order chi connectivity index (χ0) is 8.55. The van der Waals surface area contributed by atoms with Gasteiger partial charge in [-0.05, 0) is 19.1 Å². The van der Waals surface area contributed by atoms with E-state index in [0.717, 1.165) is 16.6 Å². The van der Waals surface area contributed by atoms with Gasteiger partial charge in [0.25, 0.3) is 0 Å². The molecule has 2 heterocycles. The van der Waals surface area contributed by atoms with E-state index < -0.39 is 0 Å². The van der Waals surface area contributed by atoms with Crippen molar-refractivity contribution in [2.24, 2.45) is 0 Å². The molecule has 0 radical (unpaired) electrons. The van der Waals surface area contributed by atoms with Gasteiger partial charge < -0.3 is 4.98 Å². The summed E-state index contributed by atoms with van der Waals surface area (Å²) in [7, 11) is 0. The van der Waals surface area contributed by atoms with Gasteiger partial charge in [0.2, 0.25) is 5.56 Å². The number of hydrogen-bond acceptors (Lipinski definition) is 2. The number of nitrogens with one attached hydrogen (secondary N) is 1. The minimum atomic E-state index is -0.0846. The lowest BCUT2D eigenvalue weighted by Gasteiger charge is -1.98. The van der Waals surface area contributed by atoms with Crippen LogP contribution in [0.4, 0.5) is 0 Å². The van der Waals surface area contributed by atoms with Crippen molar-refractivity contribution in [3.05, 3.63) is 40.4 Å². The summed E-state index contributed by atoms with van der Waals surface area (Å²) >= 11 is 0. The number of H-pyrrole nitrogens is 1. The van der Waals surface area contributed by atoms with E-state index in [4.69, 9.17) is 0 Å². The fourth-order valence-corrected chi connectivity index (χ4v) is 1.22. The molecule has 0 aromatic carbocycles. The fourth-order valence-electron chi connectivity index (χ4n) is 1.22. The van der Waals surface area contributed by atoms with Crippen LogP contribution < -0.4 is 5.56 Å². The van der Waals surface area contributed by atoms with Gasteiger partial charge in [0.1, 0.15) is 0 Å². The molecule has 2 aromatic heterocycles. The maximum absolute atomic E-state index is 11.0. The topological polar surface area (TPSA) is 45.8 Å². The van der Waals surface area contributed by atoms with E-state index in [-0.39, 0.29) is 5.56 Å². The second-order valence-corrected chi connectivity index (χ2v) is 2.68. The van der Waals surface area contributed by atoms with Crippen LogP contribution in [0.3, 0.4) is 0 Å². The molecular formula is C9H8N2O. The zero-order valence-electron chi connectivity index (χ0n) is 6.66. The summed E-state index contributed by atoms with van der Waals surface area (Å²) in [5, 5.41) is 1.02. The van der Waals surface area contributed by atoms with Crippen molar-refractivity contribution < 1.29 is 0 Å². The van der Waals surface area contributed by atoms with Crippen molar-refractivity contribution in [2.75, 3.05) is 0 Å². The van der Waals surface area contributed by atoms with Crippen molar-refractivity contribution >= 4 is 10.9 Å². The number of nitrogens with zero attached hydrogens (tertiary/aromatic N) is 1. The standard InChI is InChI=1S/C9H8N2O/c1-6-9-7(4-5-10-6)2-3-8(12)11-9/h2-5H,1H3,(H,11,12). The molecule has 2 rings (SSSR count). The number of hydrogen-bond donors (Lipinski definition) is 1.